The van der Waals surface area contributed by atoms with Gasteiger partial charge in [-0.3, -0.25) is 9.89 Å². The first-order chi connectivity index (χ1) is 10.9. The first-order valence-corrected chi connectivity index (χ1v) is 7.75. The highest BCUT2D eigenvalue weighted by Crippen LogP contribution is 2.23. The Kier molecular flexibility index (Phi) is 3.49. The fraction of sp³-hybridized carbons (Fsp3) is 0. The van der Waals surface area contributed by atoms with Crippen molar-refractivity contribution >= 4 is 26.9 Å². The second-order valence-electron chi connectivity index (χ2n) is 4.64. The lowest BCUT2D eigenvalue weighted by Crippen LogP contribution is -2.12. The highest BCUT2D eigenvalue weighted by molar-refractivity contribution is 7.87. The number of carbonyl (C=O) groups is 1. The Hall–Kier alpha value is -2.94. The zero-order chi connectivity index (χ0) is 16.6. The van der Waals surface area contributed by atoms with Crippen LogP contribution in [0.2, 0.25) is 0 Å². The van der Waals surface area contributed by atoms with Gasteiger partial charge in [-0.05, 0) is 30.3 Å². The molecule has 0 unspecified atom stereocenters. The van der Waals surface area contributed by atoms with Crippen molar-refractivity contribution in [3.8, 4) is 5.75 Å². The van der Waals surface area contributed by atoms with Crippen LogP contribution in [0.25, 0.3) is 10.9 Å². The molecule has 7 nitrogen and oxygen atoms in total. The minimum Gasteiger partial charge on any atom is -0.379 e. The van der Waals surface area contributed by atoms with Gasteiger partial charge in [0.2, 0.25) is 0 Å². The van der Waals surface area contributed by atoms with Crippen LogP contribution >= 0.6 is 0 Å². The van der Waals surface area contributed by atoms with E-state index in [-0.39, 0.29) is 21.7 Å². The minimum atomic E-state index is -4.20. The Labute approximate surface area is 130 Å². The molecule has 3 rings (SSSR count). The Morgan fingerprint density at radius 1 is 1.22 bits per heavy atom. The van der Waals surface area contributed by atoms with E-state index >= 15 is 0 Å². The number of nitrogens with one attached hydrogen (secondary N) is 1. The number of nitrogens with zero attached hydrogens (tertiary/aromatic N) is 1. The highest BCUT2D eigenvalue weighted by atomic mass is 32.2. The Balaban J connectivity index is 2.04. The third-order valence-electron chi connectivity index (χ3n) is 3.06. The number of rotatable bonds is 4. The maximum atomic E-state index is 13.1. The summed E-state index contributed by atoms with van der Waals surface area (Å²) in [6.45, 7) is 0. The van der Waals surface area contributed by atoms with Crippen molar-refractivity contribution in [3.63, 3.8) is 0 Å². The van der Waals surface area contributed by atoms with E-state index in [0.29, 0.717) is 5.52 Å². The van der Waals surface area contributed by atoms with Crippen LogP contribution in [0.5, 0.6) is 5.75 Å². The van der Waals surface area contributed by atoms with Gasteiger partial charge in [-0.15, -0.1) is 0 Å². The molecule has 1 aromatic heterocycles. The number of halogens is 1. The van der Waals surface area contributed by atoms with Crippen LogP contribution in [0.4, 0.5) is 4.39 Å². The summed E-state index contributed by atoms with van der Waals surface area (Å²) in [5, 5.41) is 6.55. The van der Waals surface area contributed by atoms with Crippen molar-refractivity contribution in [2.45, 2.75) is 4.90 Å². The molecule has 23 heavy (non-hydrogen) atoms. The molecule has 2 aromatic carbocycles. The van der Waals surface area contributed by atoms with E-state index in [0.717, 1.165) is 12.1 Å². The normalized spacial score (nSPS) is 11.5. The lowest BCUT2D eigenvalue weighted by Gasteiger charge is -2.07. The number of hydrogen-bond acceptors (Lipinski definition) is 5. The fourth-order valence-corrected chi connectivity index (χ4v) is 2.98. The molecule has 0 aliphatic heterocycles. The van der Waals surface area contributed by atoms with Crippen molar-refractivity contribution in [3.05, 3.63) is 54.0 Å². The number of amides is 1. The van der Waals surface area contributed by atoms with Gasteiger partial charge in [-0.25, -0.2) is 4.39 Å². The number of H-pyrrole nitrogens is 1. The molecule has 0 bridgehead atoms. The number of aromatic amines is 1. The molecular weight excluding hydrogens is 325 g/mol. The van der Waals surface area contributed by atoms with E-state index in [1.807, 2.05) is 0 Å². The molecule has 0 saturated carbocycles. The maximum Gasteiger partial charge on any atom is 0.339 e. The standard InChI is InChI=1S/C14H10FN3O4S/c15-8-2-1-3-9(6-8)22-23(20,21)10-4-5-12-11(7-10)13(14(16)19)18-17-12/h1-7H,(H2,16,19)(H,17,18). The number of hydrogen-bond donors (Lipinski definition) is 2. The van der Waals surface area contributed by atoms with Gasteiger partial charge < -0.3 is 9.92 Å². The first-order valence-electron chi connectivity index (χ1n) is 6.35. The number of fused-ring (bicyclic) bond motifs is 1. The van der Waals surface area contributed by atoms with E-state index in [9.17, 15) is 17.6 Å². The zero-order valence-electron chi connectivity index (χ0n) is 11.5. The van der Waals surface area contributed by atoms with E-state index in [1.165, 1.54) is 30.3 Å². The van der Waals surface area contributed by atoms with Crippen molar-refractivity contribution in [2.24, 2.45) is 5.73 Å². The van der Waals surface area contributed by atoms with Crippen molar-refractivity contribution in [1.82, 2.24) is 10.2 Å². The molecule has 0 aliphatic rings. The molecule has 118 valence electrons. The topological polar surface area (TPSA) is 115 Å². The lowest BCUT2D eigenvalue weighted by atomic mass is 10.2. The summed E-state index contributed by atoms with van der Waals surface area (Å²) in [6.07, 6.45) is 0. The molecule has 0 atom stereocenters. The number of carbonyl (C=O) groups excluding carboxylic acids is 1. The monoisotopic (exact) mass is 335 g/mol. The van der Waals surface area contributed by atoms with Gasteiger partial charge in [0.05, 0.1) is 5.52 Å². The fourth-order valence-electron chi connectivity index (χ4n) is 2.03. The molecule has 1 amide bonds. The summed E-state index contributed by atoms with van der Waals surface area (Å²) in [6, 6.07) is 8.67. The molecule has 1 heterocycles. The molecule has 3 N–H and O–H groups in total. The summed E-state index contributed by atoms with van der Waals surface area (Å²) in [5.74, 6) is -1.58. The second-order valence-corrected chi connectivity index (χ2v) is 6.19. The third kappa shape index (κ3) is 2.86. The summed E-state index contributed by atoms with van der Waals surface area (Å²) < 4.78 is 42.5. The number of nitrogens with two attached hydrogens (primary N) is 1. The molecule has 9 heteroatoms. The summed E-state index contributed by atoms with van der Waals surface area (Å²) >= 11 is 0. The van der Waals surface area contributed by atoms with Gasteiger partial charge in [0.1, 0.15) is 16.5 Å². The zero-order valence-corrected chi connectivity index (χ0v) is 12.3. The molecule has 0 radical (unpaired) electrons. The summed E-state index contributed by atoms with van der Waals surface area (Å²) in [7, 11) is -4.20. The Morgan fingerprint density at radius 3 is 2.70 bits per heavy atom. The van der Waals surface area contributed by atoms with E-state index in [4.69, 9.17) is 9.92 Å². The summed E-state index contributed by atoms with van der Waals surface area (Å²) in [5.41, 5.74) is 5.55. The molecule has 0 fully saturated rings. The lowest BCUT2D eigenvalue weighted by molar-refractivity contribution is 0.0997. The summed E-state index contributed by atoms with van der Waals surface area (Å²) in [4.78, 5) is 11.1. The van der Waals surface area contributed by atoms with Crippen LogP contribution in [0, 0.1) is 5.82 Å². The number of primary amides is 1. The van der Waals surface area contributed by atoms with Crippen LogP contribution in [0.15, 0.2) is 47.4 Å². The largest absolute Gasteiger partial charge is 0.379 e. The molecular formula is C14H10FN3O4S. The van der Waals surface area contributed by atoms with Crippen LogP contribution in [-0.4, -0.2) is 24.5 Å². The average Bonchev–Trinajstić information content (AvgIpc) is 2.89. The van der Waals surface area contributed by atoms with Crippen LogP contribution in [0.3, 0.4) is 0 Å². The van der Waals surface area contributed by atoms with Crippen LogP contribution in [-0.2, 0) is 10.1 Å². The van der Waals surface area contributed by atoms with Gasteiger partial charge >= 0.3 is 10.1 Å². The molecule has 0 spiro atoms. The second kappa shape index (κ2) is 5.36. The molecule has 0 aliphatic carbocycles. The first kappa shape index (κ1) is 15.0. The van der Waals surface area contributed by atoms with E-state index < -0.39 is 21.8 Å². The van der Waals surface area contributed by atoms with Gasteiger partial charge in [0.25, 0.3) is 5.91 Å². The number of benzene rings is 2. The SMILES string of the molecule is NC(=O)c1n[nH]c2ccc(S(=O)(=O)Oc3cccc(F)c3)cc12. The van der Waals surface area contributed by atoms with Gasteiger partial charge in [-0.1, -0.05) is 6.07 Å². The van der Waals surface area contributed by atoms with E-state index in [1.54, 1.807) is 0 Å². The maximum absolute atomic E-state index is 13.1. The molecule has 3 aromatic rings. The van der Waals surface area contributed by atoms with Gasteiger partial charge in [-0.2, -0.15) is 13.5 Å². The van der Waals surface area contributed by atoms with Crippen molar-refractivity contribution in [2.75, 3.05) is 0 Å². The van der Waals surface area contributed by atoms with Gasteiger partial charge in [0, 0.05) is 11.5 Å². The van der Waals surface area contributed by atoms with Gasteiger partial charge in [0.15, 0.2) is 5.69 Å². The van der Waals surface area contributed by atoms with Crippen molar-refractivity contribution < 1.29 is 21.8 Å². The quantitative estimate of drug-likeness (QED) is 0.702. The predicted octanol–water partition coefficient (Wildman–Crippen LogP) is 1.57. The highest BCUT2D eigenvalue weighted by Gasteiger charge is 2.20. The average molecular weight is 335 g/mol. The Bertz CT molecular complexity index is 1010. The molecule has 0 saturated heterocycles. The predicted molar refractivity (Wildman–Crippen MR) is 78.8 cm³/mol. The van der Waals surface area contributed by atoms with Crippen LogP contribution < -0.4 is 9.92 Å². The van der Waals surface area contributed by atoms with Crippen molar-refractivity contribution in [1.29, 1.82) is 0 Å². The number of aromatic nitrogens is 2. The third-order valence-corrected chi connectivity index (χ3v) is 4.30. The minimum absolute atomic E-state index is 0.0807. The Morgan fingerprint density at radius 2 is 2.00 bits per heavy atom. The smallest absolute Gasteiger partial charge is 0.339 e. The van der Waals surface area contributed by atoms with E-state index in [2.05, 4.69) is 10.2 Å². The van der Waals surface area contributed by atoms with Crippen LogP contribution in [0.1, 0.15) is 10.5 Å².